The van der Waals surface area contributed by atoms with Gasteiger partial charge in [0.25, 0.3) is 18.2 Å². The summed E-state index contributed by atoms with van der Waals surface area (Å²) in [6.45, 7) is 4.78. The summed E-state index contributed by atoms with van der Waals surface area (Å²) in [4.78, 5) is 36.8. The molecule has 0 spiro atoms. The van der Waals surface area contributed by atoms with Crippen molar-refractivity contribution in [2.45, 2.75) is 89.3 Å². The average Bonchev–Trinajstić information content (AvgIpc) is 3.62. The number of nitrogens with zero attached hydrogens (tertiary/aromatic N) is 3. The summed E-state index contributed by atoms with van der Waals surface area (Å²) in [5, 5.41) is 14.5. The van der Waals surface area contributed by atoms with Gasteiger partial charge in [-0.25, -0.2) is 18.7 Å². The Bertz CT molecular complexity index is 1260. The topological polar surface area (TPSA) is 117 Å². The molecule has 4 heterocycles. The van der Waals surface area contributed by atoms with Crippen molar-refractivity contribution in [3.8, 4) is 10.4 Å². The Balaban J connectivity index is 1.77. The fraction of sp³-hybridized carbons (Fsp3) is 0.615. The number of hydrogen-bond acceptors (Lipinski definition) is 8. The SMILES string of the molecule is CCCC1CCC(C)N1C(=O)c1nc(C(=O)N[C@@H]2COC[C@@H]2O)sc1-c1cnc(N[C@@H](C)C(F)(F)F)cc1C(F)F. The molecule has 2 unspecified atom stereocenters. The summed E-state index contributed by atoms with van der Waals surface area (Å²) in [5.41, 5.74) is -1.10. The standard InChI is InChI=1S/C26H32F5N5O4S/c1-4-5-14-7-6-12(2)36(14)25(39)20-21(41-24(35-20)23(38)34-17-10-40-11-18(17)37)16-9-32-19(8-15(16)22(27)28)33-13(3)26(29,30)31/h8-9,12-14,17-18,22,37H,4-7,10-11H2,1-3H3,(H,32,33)(H,34,38)/t12?,13-,14?,17+,18-/m0/s1. The molecular weight excluding hydrogens is 573 g/mol. The molecule has 0 saturated carbocycles. The van der Waals surface area contributed by atoms with E-state index >= 15 is 0 Å². The largest absolute Gasteiger partial charge is 0.408 e. The molecule has 4 rings (SSSR count). The normalized spacial score (nSPS) is 23.7. The van der Waals surface area contributed by atoms with E-state index in [2.05, 4.69) is 20.6 Å². The van der Waals surface area contributed by atoms with Gasteiger partial charge in [0.15, 0.2) is 5.01 Å². The molecule has 3 N–H and O–H groups in total. The lowest BCUT2D eigenvalue weighted by Gasteiger charge is -2.28. The number of halogens is 5. The molecule has 15 heteroatoms. The highest BCUT2D eigenvalue weighted by Gasteiger charge is 2.39. The highest BCUT2D eigenvalue weighted by atomic mass is 32.1. The second kappa shape index (κ2) is 12.5. The third kappa shape index (κ3) is 6.78. The number of aromatic nitrogens is 2. The Morgan fingerprint density at radius 2 is 2.00 bits per heavy atom. The van der Waals surface area contributed by atoms with Gasteiger partial charge in [-0.2, -0.15) is 13.2 Å². The van der Waals surface area contributed by atoms with Gasteiger partial charge in [0.2, 0.25) is 0 Å². The van der Waals surface area contributed by atoms with Crippen LogP contribution < -0.4 is 10.6 Å². The lowest BCUT2D eigenvalue weighted by Crippen LogP contribution is -2.42. The molecule has 0 aliphatic carbocycles. The molecular formula is C26H32F5N5O4S. The van der Waals surface area contributed by atoms with Gasteiger partial charge in [0.05, 0.1) is 30.2 Å². The first-order valence-corrected chi connectivity index (χ1v) is 14.1. The minimum Gasteiger partial charge on any atom is -0.388 e. The molecule has 2 fully saturated rings. The molecule has 0 aromatic carbocycles. The molecule has 2 aromatic heterocycles. The van der Waals surface area contributed by atoms with Gasteiger partial charge in [-0.3, -0.25) is 9.59 Å². The number of pyridine rings is 1. The smallest absolute Gasteiger partial charge is 0.388 e. The number of rotatable bonds is 9. The van der Waals surface area contributed by atoms with E-state index in [1.54, 1.807) is 4.90 Å². The van der Waals surface area contributed by atoms with Crippen LogP contribution >= 0.6 is 11.3 Å². The molecule has 2 aliphatic heterocycles. The number of carbonyl (C=O) groups excluding carboxylic acids is 2. The lowest BCUT2D eigenvalue weighted by atomic mass is 10.1. The van der Waals surface area contributed by atoms with Gasteiger partial charge < -0.3 is 25.4 Å². The van der Waals surface area contributed by atoms with Crippen molar-refractivity contribution in [3.05, 3.63) is 28.5 Å². The summed E-state index contributed by atoms with van der Waals surface area (Å²) >= 11 is 0.697. The molecule has 226 valence electrons. The van der Waals surface area contributed by atoms with Gasteiger partial charge in [-0.1, -0.05) is 13.3 Å². The van der Waals surface area contributed by atoms with Crippen molar-refractivity contribution in [2.75, 3.05) is 18.5 Å². The zero-order valence-electron chi connectivity index (χ0n) is 22.7. The van der Waals surface area contributed by atoms with E-state index in [9.17, 15) is 36.6 Å². The molecule has 2 saturated heterocycles. The number of aliphatic hydroxyl groups is 1. The van der Waals surface area contributed by atoms with Gasteiger partial charge in [0, 0.05) is 29.4 Å². The summed E-state index contributed by atoms with van der Waals surface area (Å²) in [6.07, 6.45) is -4.72. The number of anilines is 1. The van der Waals surface area contributed by atoms with Crippen LogP contribution in [0.3, 0.4) is 0 Å². The molecule has 41 heavy (non-hydrogen) atoms. The Labute approximate surface area is 237 Å². The van der Waals surface area contributed by atoms with E-state index in [1.807, 2.05) is 13.8 Å². The highest BCUT2D eigenvalue weighted by molar-refractivity contribution is 7.17. The summed E-state index contributed by atoms with van der Waals surface area (Å²) in [7, 11) is 0. The Hall–Kier alpha value is -2.91. The van der Waals surface area contributed by atoms with Crippen molar-refractivity contribution in [2.24, 2.45) is 0 Å². The van der Waals surface area contributed by atoms with Crippen LogP contribution in [0.4, 0.5) is 27.8 Å². The van der Waals surface area contributed by atoms with Crippen molar-refractivity contribution >= 4 is 29.0 Å². The first-order valence-electron chi connectivity index (χ1n) is 13.3. The second-order valence-electron chi connectivity index (χ2n) is 10.3. The molecule has 2 aromatic rings. The van der Waals surface area contributed by atoms with Gasteiger partial charge in [0.1, 0.15) is 17.6 Å². The number of hydrogen-bond donors (Lipinski definition) is 3. The Morgan fingerprint density at radius 3 is 2.61 bits per heavy atom. The summed E-state index contributed by atoms with van der Waals surface area (Å²) in [5.74, 6) is -1.68. The molecule has 2 aliphatic rings. The van der Waals surface area contributed by atoms with Gasteiger partial charge >= 0.3 is 6.18 Å². The summed E-state index contributed by atoms with van der Waals surface area (Å²) in [6, 6.07) is -2.21. The van der Waals surface area contributed by atoms with Gasteiger partial charge in [-0.05, 0) is 39.2 Å². The minimum absolute atomic E-state index is 0.0280. The van der Waals surface area contributed by atoms with Crippen LogP contribution in [0.1, 0.15) is 78.7 Å². The van der Waals surface area contributed by atoms with Crippen molar-refractivity contribution < 1.29 is 41.4 Å². The van der Waals surface area contributed by atoms with E-state index in [-0.39, 0.29) is 46.4 Å². The number of alkyl halides is 5. The van der Waals surface area contributed by atoms with E-state index in [1.165, 1.54) is 0 Å². The van der Waals surface area contributed by atoms with Crippen LogP contribution in [0, 0.1) is 0 Å². The summed E-state index contributed by atoms with van der Waals surface area (Å²) < 4.78 is 72.9. The molecule has 0 bridgehead atoms. The van der Waals surface area contributed by atoms with Crippen LogP contribution in [0.25, 0.3) is 10.4 Å². The van der Waals surface area contributed by atoms with Crippen LogP contribution in [-0.4, -0.2) is 81.5 Å². The fourth-order valence-corrected chi connectivity index (χ4v) is 6.05. The Morgan fingerprint density at radius 1 is 1.27 bits per heavy atom. The number of aliphatic hydroxyl groups excluding tert-OH is 1. The lowest BCUT2D eigenvalue weighted by molar-refractivity contribution is -0.138. The highest BCUT2D eigenvalue weighted by Crippen LogP contribution is 2.40. The van der Waals surface area contributed by atoms with Crippen LogP contribution in [0.15, 0.2) is 12.3 Å². The average molecular weight is 606 g/mol. The number of likely N-dealkylation sites (tertiary alicyclic amines) is 1. The zero-order chi connectivity index (χ0) is 30.1. The zero-order valence-corrected chi connectivity index (χ0v) is 23.5. The van der Waals surface area contributed by atoms with Crippen molar-refractivity contribution in [3.63, 3.8) is 0 Å². The van der Waals surface area contributed by atoms with Gasteiger partial charge in [-0.15, -0.1) is 11.3 Å². The third-order valence-corrected chi connectivity index (χ3v) is 8.39. The number of carbonyl (C=O) groups is 2. The minimum atomic E-state index is -4.63. The van der Waals surface area contributed by atoms with Crippen molar-refractivity contribution in [1.82, 2.24) is 20.2 Å². The fourth-order valence-electron chi connectivity index (χ4n) is 5.06. The maximum atomic E-state index is 14.3. The molecule has 5 atom stereocenters. The predicted octanol–water partition coefficient (Wildman–Crippen LogP) is 4.79. The van der Waals surface area contributed by atoms with E-state index in [4.69, 9.17) is 4.74 Å². The number of nitrogens with one attached hydrogen (secondary N) is 2. The maximum absolute atomic E-state index is 14.3. The van der Waals surface area contributed by atoms with E-state index < -0.39 is 54.0 Å². The van der Waals surface area contributed by atoms with E-state index in [0.29, 0.717) is 11.3 Å². The Kier molecular flexibility index (Phi) is 9.49. The second-order valence-corrected chi connectivity index (χ2v) is 11.3. The van der Waals surface area contributed by atoms with Crippen LogP contribution in [-0.2, 0) is 4.74 Å². The van der Waals surface area contributed by atoms with E-state index in [0.717, 1.165) is 44.9 Å². The van der Waals surface area contributed by atoms with Crippen LogP contribution in [0.2, 0.25) is 0 Å². The van der Waals surface area contributed by atoms with Crippen LogP contribution in [0.5, 0.6) is 0 Å². The molecule has 2 amide bonds. The monoisotopic (exact) mass is 605 g/mol. The first kappa shape index (κ1) is 31.0. The predicted molar refractivity (Wildman–Crippen MR) is 141 cm³/mol. The first-order chi connectivity index (χ1) is 19.3. The van der Waals surface area contributed by atoms with Crippen molar-refractivity contribution in [1.29, 1.82) is 0 Å². The number of ether oxygens (including phenoxy) is 1. The quantitative estimate of drug-likeness (QED) is 0.352. The molecule has 9 nitrogen and oxygen atoms in total. The molecule has 0 radical (unpaired) electrons. The maximum Gasteiger partial charge on any atom is 0.408 e. The number of amides is 2. The number of thiazole rings is 1. The third-order valence-electron chi connectivity index (χ3n) is 7.30.